The van der Waals surface area contributed by atoms with E-state index in [4.69, 9.17) is 16.3 Å². The first-order valence-electron chi connectivity index (χ1n) is 11.8. The summed E-state index contributed by atoms with van der Waals surface area (Å²) in [6.07, 6.45) is 3.96. The zero-order valence-corrected chi connectivity index (χ0v) is 21.0. The predicted molar refractivity (Wildman–Crippen MR) is 132 cm³/mol. The minimum absolute atomic E-state index is 0.00528. The van der Waals surface area contributed by atoms with E-state index in [-0.39, 0.29) is 17.5 Å². The van der Waals surface area contributed by atoms with Crippen molar-refractivity contribution in [2.24, 2.45) is 0 Å². The number of carbonyl (C=O) groups excluding carboxylic acids is 1. The summed E-state index contributed by atoms with van der Waals surface area (Å²) in [5, 5.41) is 3.29. The van der Waals surface area contributed by atoms with E-state index in [0.717, 1.165) is 24.9 Å². The third kappa shape index (κ3) is 5.74. The highest BCUT2D eigenvalue weighted by atomic mass is 35.5. The molecule has 1 amide bonds. The Hall–Kier alpha value is -2.13. The Kier molecular flexibility index (Phi) is 8.14. The largest absolute Gasteiger partial charge is 0.448 e. The minimum Gasteiger partial charge on any atom is -0.448 e. The molecule has 1 N–H and O–H groups in total. The highest BCUT2D eigenvalue weighted by Gasteiger charge is 2.43. The molecule has 184 valence electrons. The second kappa shape index (κ2) is 11.1. The Balaban J connectivity index is 1.44. The number of hydrogen-bond acceptors (Lipinski definition) is 5. The minimum atomic E-state index is -3.83. The van der Waals surface area contributed by atoms with Crippen molar-refractivity contribution in [3.8, 4) is 0 Å². The Morgan fingerprint density at radius 1 is 1.06 bits per heavy atom. The molecule has 3 atom stereocenters. The Morgan fingerprint density at radius 3 is 2.47 bits per heavy atom. The topological polar surface area (TPSA) is 79.0 Å². The molecule has 2 saturated heterocycles. The maximum Gasteiger partial charge on any atom is 0.407 e. The molecule has 4 rings (SSSR count). The van der Waals surface area contributed by atoms with Crippen LogP contribution in [0.5, 0.6) is 0 Å². The van der Waals surface area contributed by atoms with Gasteiger partial charge in [0, 0.05) is 17.6 Å². The number of sulfonamides is 1. The van der Waals surface area contributed by atoms with Gasteiger partial charge in [0.05, 0.1) is 17.0 Å². The highest BCUT2D eigenvalue weighted by molar-refractivity contribution is 7.89. The summed E-state index contributed by atoms with van der Waals surface area (Å²) in [5.41, 5.74) is 0.924. The summed E-state index contributed by atoms with van der Waals surface area (Å²) in [4.78, 5) is 14.8. The monoisotopic (exact) mass is 505 g/mol. The van der Waals surface area contributed by atoms with Crippen LogP contribution < -0.4 is 5.32 Å². The van der Waals surface area contributed by atoms with Crippen LogP contribution in [0.25, 0.3) is 0 Å². The van der Waals surface area contributed by atoms with Crippen LogP contribution in [0, 0.1) is 0 Å². The summed E-state index contributed by atoms with van der Waals surface area (Å²) in [6.45, 7) is 1.64. The summed E-state index contributed by atoms with van der Waals surface area (Å²) >= 11 is 5.97. The normalized spacial score (nSPS) is 23.8. The molecule has 2 fully saturated rings. The van der Waals surface area contributed by atoms with Gasteiger partial charge < -0.3 is 15.0 Å². The molecule has 7 nitrogen and oxygen atoms in total. The van der Waals surface area contributed by atoms with Crippen LogP contribution in [0.2, 0.25) is 5.02 Å². The third-order valence-corrected chi connectivity index (χ3v) is 9.07. The van der Waals surface area contributed by atoms with Gasteiger partial charge in [-0.05, 0) is 75.5 Å². The van der Waals surface area contributed by atoms with Crippen molar-refractivity contribution in [3.63, 3.8) is 0 Å². The number of halogens is 1. The number of alkyl carbamates (subject to hydrolysis) is 1. The molecular formula is C25H32ClN3O4S. The number of carbonyl (C=O) groups is 1. The summed E-state index contributed by atoms with van der Waals surface area (Å²) in [7, 11) is -1.72. The smallest absolute Gasteiger partial charge is 0.407 e. The SMILES string of the molecule is CN1CCCC1CCNC(=O)OC[C@H]1CCC(c2ccccc2)N1S(=O)(=O)c1ccc(Cl)cc1. The Bertz CT molecular complexity index is 1070. The first kappa shape index (κ1) is 25.0. The molecule has 2 heterocycles. The van der Waals surface area contributed by atoms with Gasteiger partial charge >= 0.3 is 6.09 Å². The molecule has 2 aromatic rings. The fourth-order valence-electron chi connectivity index (χ4n) is 5.00. The number of nitrogens with one attached hydrogen (secondary N) is 1. The molecule has 0 bridgehead atoms. The predicted octanol–water partition coefficient (Wildman–Crippen LogP) is 4.44. The number of rotatable bonds is 8. The number of likely N-dealkylation sites (tertiary alicyclic amines) is 1. The number of hydrogen-bond donors (Lipinski definition) is 1. The van der Waals surface area contributed by atoms with Crippen LogP contribution >= 0.6 is 11.6 Å². The highest BCUT2D eigenvalue weighted by Crippen LogP contribution is 2.40. The van der Waals surface area contributed by atoms with Gasteiger partial charge in [-0.1, -0.05) is 41.9 Å². The van der Waals surface area contributed by atoms with Gasteiger partial charge in [-0.2, -0.15) is 4.31 Å². The fourth-order valence-corrected chi connectivity index (χ4v) is 6.97. The second-order valence-electron chi connectivity index (χ2n) is 9.04. The third-order valence-electron chi connectivity index (χ3n) is 6.84. The van der Waals surface area contributed by atoms with Gasteiger partial charge in [0.2, 0.25) is 10.0 Å². The molecule has 9 heteroatoms. The van der Waals surface area contributed by atoms with Gasteiger partial charge in [-0.3, -0.25) is 0 Å². The van der Waals surface area contributed by atoms with Crippen LogP contribution in [0.3, 0.4) is 0 Å². The van der Waals surface area contributed by atoms with Crippen molar-refractivity contribution in [2.75, 3.05) is 26.7 Å². The molecular weight excluding hydrogens is 474 g/mol. The molecule has 2 aliphatic rings. The number of ether oxygens (including phenoxy) is 1. The van der Waals surface area contributed by atoms with Gasteiger partial charge in [-0.25, -0.2) is 13.2 Å². The van der Waals surface area contributed by atoms with Crippen molar-refractivity contribution in [2.45, 2.75) is 55.1 Å². The Labute approximate surface area is 207 Å². The first-order valence-corrected chi connectivity index (χ1v) is 13.6. The summed E-state index contributed by atoms with van der Waals surface area (Å²) < 4.78 is 34.3. The average molecular weight is 506 g/mol. The lowest BCUT2D eigenvalue weighted by Crippen LogP contribution is -2.41. The van der Waals surface area contributed by atoms with Crippen molar-refractivity contribution < 1.29 is 17.9 Å². The molecule has 0 spiro atoms. The molecule has 0 saturated carbocycles. The number of benzene rings is 2. The number of amides is 1. The van der Waals surface area contributed by atoms with Crippen LogP contribution in [-0.2, 0) is 14.8 Å². The molecule has 2 aromatic carbocycles. The van der Waals surface area contributed by atoms with E-state index in [1.807, 2.05) is 30.3 Å². The van der Waals surface area contributed by atoms with E-state index in [0.29, 0.717) is 30.5 Å². The van der Waals surface area contributed by atoms with E-state index < -0.39 is 22.2 Å². The van der Waals surface area contributed by atoms with Crippen LogP contribution in [0.1, 0.15) is 43.7 Å². The molecule has 0 aromatic heterocycles. The molecule has 0 radical (unpaired) electrons. The summed E-state index contributed by atoms with van der Waals surface area (Å²) in [5.74, 6) is 0. The lowest BCUT2D eigenvalue weighted by Gasteiger charge is -2.29. The maximum absolute atomic E-state index is 13.7. The summed E-state index contributed by atoms with van der Waals surface area (Å²) in [6, 6.07) is 15.5. The van der Waals surface area contributed by atoms with E-state index in [9.17, 15) is 13.2 Å². The van der Waals surface area contributed by atoms with Gasteiger partial charge in [0.1, 0.15) is 6.61 Å². The zero-order valence-electron chi connectivity index (χ0n) is 19.4. The lowest BCUT2D eigenvalue weighted by molar-refractivity contribution is 0.120. The molecule has 2 aliphatic heterocycles. The van der Waals surface area contributed by atoms with E-state index >= 15 is 0 Å². The van der Waals surface area contributed by atoms with Crippen LogP contribution in [0.4, 0.5) is 4.79 Å². The zero-order chi connectivity index (χ0) is 24.1. The molecule has 34 heavy (non-hydrogen) atoms. The van der Waals surface area contributed by atoms with Crippen molar-refractivity contribution in [1.29, 1.82) is 0 Å². The van der Waals surface area contributed by atoms with E-state index in [1.54, 1.807) is 12.1 Å². The quantitative estimate of drug-likeness (QED) is 0.573. The van der Waals surface area contributed by atoms with Crippen LogP contribution in [-0.4, -0.2) is 62.5 Å². The van der Waals surface area contributed by atoms with Crippen molar-refractivity contribution in [3.05, 3.63) is 65.2 Å². The fraction of sp³-hybridized carbons (Fsp3) is 0.480. The lowest BCUT2D eigenvalue weighted by atomic mass is 10.1. The van der Waals surface area contributed by atoms with Gasteiger partial charge in [0.25, 0.3) is 0 Å². The average Bonchev–Trinajstić information content (AvgIpc) is 3.45. The maximum atomic E-state index is 13.7. The molecule has 2 unspecified atom stereocenters. The second-order valence-corrected chi connectivity index (χ2v) is 11.3. The number of nitrogens with zero attached hydrogens (tertiary/aromatic N) is 2. The molecule has 0 aliphatic carbocycles. The van der Waals surface area contributed by atoms with Gasteiger partial charge in [-0.15, -0.1) is 0 Å². The van der Waals surface area contributed by atoms with Gasteiger partial charge in [0.15, 0.2) is 0 Å². The van der Waals surface area contributed by atoms with Crippen molar-refractivity contribution >= 4 is 27.7 Å². The van der Waals surface area contributed by atoms with Crippen molar-refractivity contribution in [1.82, 2.24) is 14.5 Å². The van der Waals surface area contributed by atoms with E-state index in [1.165, 1.54) is 22.9 Å². The van der Waals surface area contributed by atoms with Crippen LogP contribution in [0.15, 0.2) is 59.5 Å². The first-order chi connectivity index (χ1) is 16.4. The standard InChI is InChI=1S/C25H32ClN3O4S/c1-28-17-5-8-21(28)15-16-27-25(30)33-18-22-11-14-24(19-6-3-2-4-7-19)29(22)34(31,32)23-12-9-20(26)10-13-23/h2-4,6-7,9-10,12-13,21-22,24H,5,8,11,14-18H2,1H3,(H,27,30)/t21?,22-,24?/m1/s1. The van der Waals surface area contributed by atoms with E-state index in [2.05, 4.69) is 17.3 Å². The Morgan fingerprint density at radius 2 is 1.79 bits per heavy atom.